The molecule has 0 fully saturated rings. The van der Waals surface area contributed by atoms with Crippen LogP contribution < -0.4 is 0 Å². The van der Waals surface area contributed by atoms with Crippen molar-refractivity contribution >= 4 is 11.6 Å². The number of carbonyl (C=O) groups is 2. The molecule has 0 atom stereocenters. The van der Waals surface area contributed by atoms with E-state index < -0.39 is 11.6 Å². The molecular formula is C19H15FN2O2. The summed E-state index contributed by atoms with van der Waals surface area (Å²) in [5, 5.41) is 4.35. The molecule has 5 heteroatoms. The molecule has 3 rings (SSSR count). The Morgan fingerprint density at radius 2 is 1.62 bits per heavy atom. The molecule has 2 aromatic carbocycles. The van der Waals surface area contributed by atoms with Gasteiger partial charge in [0.05, 0.1) is 16.9 Å². The van der Waals surface area contributed by atoms with Crippen LogP contribution in [-0.2, 0) is 0 Å². The zero-order valence-electron chi connectivity index (χ0n) is 13.3. The molecule has 0 spiro atoms. The van der Waals surface area contributed by atoms with E-state index in [1.807, 2.05) is 30.3 Å². The summed E-state index contributed by atoms with van der Waals surface area (Å²) >= 11 is 0. The second-order valence-corrected chi connectivity index (χ2v) is 5.45. The average Bonchev–Trinajstić information content (AvgIpc) is 2.93. The summed E-state index contributed by atoms with van der Waals surface area (Å²) in [5.74, 6) is -1.07. The van der Waals surface area contributed by atoms with Gasteiger partial charge < -0.3 is 0 Å². The predicted molar refractivity (Wildman–Crippen MR) is 88.1 cm³/mol. The predicted octanol–water partition coefficient (Wildman–Crippen LogP) is 3.75. The molecule has 4 nitrogen and oxygen atoms in total. The van der Waals surface area contributed by atoms with Crippen molar-refractivity contribution in [3.05, 3.63) is 82.9 Å². The highest BCUT2D eigenvalue weighted by Crippen LogP contribution is 2.21. The Bertz CT molecular complexity index is 913. The molecule has 3 aromatic rings. The monoisotopic (exact) mass is 322 g/mol. The van der Waals surface area contributed by atoms with Gasteiger partial charge in [0.1, 0.15) is 11.5 Å². The van der Waals surface area contributed by atoms with E-state index in [0.717, 1.165) is 5.69 Å². The Morgan fingerprint density at radius 3 is 2.21 bits per heavy atom. The topological polar surface area (TPSA) is 52.0 Å². The number of benzene rings is 2. The highest BCUT2D eigenvalue weighted by molar-refractivity contribution is 6.14. The number of para-hydroxylation sites is 1. The Morgan fingerprint density at radius 1 is 1.00 bits per heavy atom. The molecule has 24 heavy (non-hydrogen) atoms. The van der Waals surface area contributed by atoms with E-state index in [4.69, 9.17) is 0 Å². The summed E-state index contributed by atoms with van der Waals surface area (Å²) in [7, 11) is 0. The minimum absolute atomic E-state index is 0.0791. The van der Waals surface area contributed by atoms with Crippen molar-refractivity contribution in [1.82, 2.24) is 9.78 Å². The Hall–Kier alpha value is -3.08. The van der Waals surface area contributed by atoms with Gasteiger partial charge in [-0.25, -0.2) is 9.07 Å². The van der Waals surface area contributed by atoms with E-state index in [2.05, 4.69) is 5.10 Å². The average molecular weight is 322 g/mol. The third kappa shape index (κ3) is 2.76. The number of carbonyl (C=O) groups excluding carboxylic acids is 2. The first-order valence-electron chi connectivity index (χ1n) is 7.45. The van der Waals surface area contributed by atoms with Gasteiger partial charge in [0.15, 0.2) is 5.78 Å². The highest BCUT2D eigenvalue weighted by atomic mass is 19.1. The van der Waals surface area contributed by atoms with Crippen LogP contribution in [0.4, 0.5) is 4.39 Å². The molecule has 0 saturated carbocycles. The maximum absolute atomic E-state index is 13.1. The second kappa shape index (κ2) is 6.20. The number of hydrogen-bond acceptors (Lipinski definition) is 3. The van der Waals surface area contributed by atoms with Crippen LogP contribution in [0.1, 0.15) is 39.0 Å². The number of halogens is 1. The van der Waals surface area contributed by atoms with Gasteiger partial charge in [-0.3, -0.25) is 9.59 Å². The lowest BCUT2D eigenvalue weighted by molar-refractivity contribution is 0.0988. The fourth-order valence-corrected chi connectivity index (χ4v) is 2.64. The highest BCUT2D eigenvalue weighted by Gasteiger charge is 2.25. The lowest BCUT2D eigenvalue weighted by Crippen LogP contribution is -2.08. The van der Waals surface area contributed by atoms with E-state index in [-0.39, 0.29) is 22.6 Å². The molecule has 0 aliphatic heterocycles. The Balaban J connectivity index is 2.15. The van der Waals surface area contributed by atoms with Gasteiger partial charge in [-0.1, -0.05) is 18.2 Å². The van der Waals surface area contributed by atoms with Crippen LogP contribution in [0, 0.1) is 12.7 Å². The van der Waals surface area contributed by atoms with Gasteiger partial charge in [0.25, 0.3) is 0 Å². The van der Waals surface area contributed by atoms with Crippen LogP contribution in [0.5, 0.6) is 0 Å². The van der Waals surface area contributed by atoms with Crippen molar-refractivity contribution in [1.29, 1.82) is 0 Å². The summed E-state index contributed by atoms with van der Waals surface area (Å²) in [6.45, 7) is 3.15. The summed E-state index contributed by atoms with van der Waals surface area (Å²) in [6.07, 6.45) is 0. The van der Waals surface area contributed by atoms with Crippen LogP contribution in [0.2, 0.25) is 0 Å². The summed E-state index contributed by atoms with van der Waals surface area (Å²) in [5.41, 5.74) is 2.01. The molecule has 1 aromatic heterocycles. The fourth-order valence-electron chi connectivity index (χ4n) is 2.64. The summed E-state index contributed by atoms with van der Waals surface area (Å²) < 4.78 is 14.6. The summed E-state index contributed by atoms with van der Waals surface area (Å²) in [6, 6.07) is 14.5. The van der Waals surface area contributed by atoms with E-state index in [1.165, 1.54) is 31.2 Å². The number of hydrogen-bond donors (Lipinski definition) is 0. The van der Waals surface area contributed by atoms with Gasteiger partial charge in [-0.2, -0.15) is 5.10 Å². The molecule has 0 aliphatic rings. The van der Waals surface area contributed by atoms with Gasteiger partial charge in [-0.05, 0) is 50.2 Å². The normalized spacial score (nSPS) is 10.6. The van der Waals surface area contributed by atoms with Crippen molar-refractivity contribution in [2.45, 2.75) is 13.8 Å². The first-order valence-corrected chi connectivity index (χ1v) is 7.45. The zero-order valence-corrected chi connectivity index (χ0v) is 13.3. The third-order valence-electron chi connectivity index (χ3n) is 3.79. The van der Waals surface area contributed by atoms with E-state index in [9.17, 15) is 14.0 Å². The molecule has 0 radical (unpaired) electrons. The van der Waals surface area contributed by atoms with Crippen LogP contribution >= 0.6 is 0 Å². The number of nitrogens with zero attached hydrogens (tertiary/aromatic N) is 2. The number of ketones is 2. The SMILES string of the molecule is CC(=O)c1c(C(=O)c2ccc(F)cc2)nn(-c2ccccc2)c1C. The summed E-state index contributed by atoms with van der Waals surface area (Å²) in [4.78, 5) is 24.8. The van der Waals surface area contributed by atoms with E-state index >= 15 is 0 Å². The molecule has 0 unspecified atom stereocenters. The largest absolute Gasteiger partial charge is 0.294 e. The number of Topliss-reactive ketones (excluding diaryl/α,β-unsaturated/α-hetero) is 1. The van der Waals surface area contributed by atoms with Gasteiger partial charge in [0, 0.05) is 5.56 Å². The van der Waals surface area contributed by atoms with Crippen LogP contribution in [0.15, 0.2) is 54.6 Å². The smallest absolute Gasteiger partial charge is 0.214 e. The molecule has 120 valence electrons. The van der Waals surface area contributed by atoms with Crippen LogP contribution in [0.25, 0.3) is 5.69 Å². The van der Waals surface area contributed by atoms with E-state index in [1.54, 1.807) is 11.6 Å². The molecule has 0 N–H and O–H groups in total. The van der Waals surface area contributed by atoms with Crippen molar-refractivity contribution in [3.63, 3.8) is 0 Å². The molecule has 0 saturated heterocycles. The van der Waals surface area contributed by atoms with Crippen LogP contribution in [0.3, 0.4) is 0 Å². The molecule has 0 amide bonds. The maximum Gasteiger partial charge on any atom is 0.214 e. The Labute approximate surface area is 138 Å². The minimum atomic E-state index is -0.427. The molecule has 0 bridgehead atoms. The lowest BCUT2D eigenvalue weighted by atomic mass is 10.0. The van der Waals surface area contributed by atoms with Gasteiger partial charge in [-0.15, -0.1) is 0 Å². The molecular weight excluding hydrogens is 307 g/mol. The molecule has 0 aliphatic carbocycles. The third-order valence-corrected chi connectivity index (χ3v) is 3.79. The van der Waals surface area contributed by atoms with Crippen molar-refractivity contribution < 1.29 is 14.0 Å². The quantitative estimate of drug-likeness (QED) is 0.687. The van der Waals surface area contributed by atoms with Crippen LogP contribution in [-0.4, -0.2) is 21.3 Å². The first-order chi connectivity index (χ1) is 11.5. The zero-order chi connectivity index (χ0) is 17.3. The van der Waals surface area contributed by atoms with Crippen molar-refractivity contribution in [2.75, 3.05) is 0 Å². The Kier molecular flexibility index (Phi) is 4.08. The minimum Gasteiger partial charge on any atom is -0.294 e. The molecule has 1 heterocycles. The second-order valence-electron chi connectivity index (χ2n) is 5.45. The number of rotatable bonds is 4. The lowest BCUT2D eigenvalue weighted by Gasteiger charge is -2.03. The van der Waals surface area contributed by atoms with E-state index in [0.29, 0.717) is 5.69 Å². The van der Waals surface area contributed by atoms with Crippen molar-refractivity contribution in [3.8, 4) is 5.69 Å². The standard InChI is InChI=1S/C19H15FN2O2/c1-12-17(13(2)23)18(19(24)14-8-10-15(20)11-9-14)21-22(12)16-6-4-3-5-7-16/h3-11H,1-2H3. The maximum atomic E-state index is 13.1. The van der Waals surface area contributed by atoms with Gasteiger partial charge >= 0.3 is 0 Å². The van der Waals surface area contributed by atoms with Gasteiger partial charge in [0.2, 0.25) is 5.78 Å². The number of aromatic nitrogens is 2. The first kappa shape index (κ1) is 15.8. The van der Waals surface area contributed by atoms with Crippen molar-refractivity contribution in [2.24, 2.45) is 0 Å². The fraction of sp³-hybridized carbons (Fsp3) is 0.105.